The molecule has 3 N–H and O–H groups in total. The summed E-state index contributed by atoms with van der Waals surface area (Å²) in [7, 11) is 1.55. The molecule has 1 rings (SSSR count). The van der Waals surface area contributed by atoms with Gasteiger partial charge in [0.25, 0.3) is 5.69 Å². The van der Waals surface area contributed by atoms with Crippen molar-refractivity contribution in [2.75, 3.05) is 13.6 Å². The molecule has 0 spiro atoms. The van der Waals surface area contributed by atoms with Gasteiger partial charge in [-0.15, -0.1) is 0 Å². The van der Waals surface area contributed by atoms with E-state index in [2.05, 4.69) is 5.32 Å². The molecule has 0 radical (unpaired) electrons. The van der Waals surface area contributed by atoms with Gasteiger partial charge in [-0.1, -0.05) is 0 Å². The van der Waals surface area contributed by atoms with Gasteiger partial charge in [0.2, 0.25) is 0 Å². The molecule has 0 fully saturated rings. The quantitative estimate of drug-likeness (QED) is 0.513. The Hall–Kier alpha value is -1.57. The van der Waals surface area contributed by atoms with E-state index in [0.717, 1.165) is 18.2 Å². The van der Waals surface area contributed by atoms with Crippen LogP contribution >= 0.6 is 0 Å². The van der Waals surface area contributed by atoms with Gasteiger partial charge >= 0.3 is 0 Å². The SMILES string of the molecule is CNCC(O)C(O)c1cc(F)ccc1[N+](=O)[O-]. The zero-order valence-corrected chi connectivity index (χ0v) is 9.13. The number of likely N-dealkylation sites (N-methyl/N-ethyl adjacent to an activating group) is 1. The summed E-state index contributed by atoms with van der Waals surface area (Å²) in [6.45, 7) is 0.0365. The van der Waals surface area contributed by atoms with Gasteiger partial charge in [-0.25, -0.2) is 4.39 Å². The van der Waals surface area contributed by atoms with Gasteiger partial charge in [0.1, 0.15) is 11.9 Å². The number of halogens is 1. The summed E-state index contributed by atoms with van der Waals surface area (Å²) in [5.41, 5.74) is -0.660. The molecule has 2 unspecified atom stereocenters. The van der Waals surface area contributed by atoms with Crippen molar-refractivity contribution in [3.05, 3.63) is 39.7 Å². The average molecular weight is 244 g/mol. The van der Waals surface area contributed by atoms with Crippen LogP contribution < -0.4 is 5.32 Å². The molecular formula is C10H13FN2O4. The molecule has 0 heterocycles. The maximum Gasteiger partial charge on any atom is 0.275 e. The highest BCUT2D eigenvalue weighted by molar-refractivity contribution is 5.42. The second-order valence-electron chi connectivity index (χ2n) is 3.53. The van der Waals surface area contributed by atoms with Gasteiger partial charge in [-0.05, 0) is 19.2 Å². The monoisotopic (exact) mass is 244 g/mol. The topological polar surface area (TPSA) is 95.6 Å². The summed E-state index contributed by atoms with van der Waals surface area (Å²) >= 11 is 0. The molecule has 17 heavy (non-hydrogen) atoms. The summed E-state index contributed by atoms with van der Waals surface area (Å²) < 4.78 is 13.0. The smallest absolute Gasteiger partial charge is 0.275 e. The Balaban J connectivity index is 3.10. The summed E-state index contributed by atoms with van der Waals surface area (Å²) in [6.07, 6.45) is -2.76. The van der Waals surface area contributed by atoms with Crippen molar-refractivity contribution in [1.29, 1.82) is 0 Å². The number of aliphatic hydroxyl groups is 2. The van der Waals surface area contributed by atoms with Crippen LogP contribution in [-0.4, -0.2) is 34.8 Å². The van der Waals surface area contributed by atoms with E-state index >= 15 is 0 Å². The van der Waals surface area contributed by atoms with Crippen LogP contribution in [0.25, 0.3) is 0 Å². The Labute approximate surface area is 96.8 Å². The van der Waals surface area contributed by atoms with Crippen LogP contribution in [0, 0.1) is 15.9 Å². The molecule has 2 atom stereocenters. The number of nitro groups is 1. The highest BCUT2D eigenvalue weighted by Gasteiger charge is 2.26. The fraction of sp³-hybridized carbons (Fsp3) is 0.400. The zero-order valence-electron chi connectivity index (χ0n) is 9.13. The summed E-state index contributed by atoms with van der Waals surface area (Å²) in [6, 6.07) is 2.74. The van der Waals surface area contributed by atoms with Gasteiger partial charge in [0.15, 0.2) is 0 Å². The van der Waals surface area contributed by atoms with E-state index in [9.17, 15) is 24.7 Å². The van der Waals surface area contributed by atoms with Crippen molar-refractivity contribution in [3.8, 4) is 0 Å². The lowest BCUT2D eigenvalue weighted by molar-refractivity contribution is -0.386. The third-order valence-corrected chi connectivity index (χ3v) is 2.28. The van der Waals surface area contributed by atoms with Crippen LogP contribution in [0.15, 0.2) is 18.2 Å². The van der Waals surface area contributed by atoms with Gasteiger partial charge in [-0.2, -0.15) is 0 Å². The molecule has 0 bridgehead atoms. The van der Waals surface area contributed by atoms with Crippen molar-refractivity contribution in [2.24, 2.45) is 0 Å². The fourth-order valence-electron chi connectivity index (χ4n) is 1.46. The van der Waals surface area contributed by atoms with E-state index in [-0.39, 0.29) is 12.1 Å². The molecule has 0 saturated carbocycles. The third-order valence-electron chi connectivity index (χ3n) is 2.28. The molecule has 94 valence electrons. The van der Waals surface area contributed by atoms with Crippen molar-refractivity contribution in [1.82, 2.24) is 5.32 Å². The van der Waals surface area contributed by atoms with Gasteiger partial charge in [0.05, 0.1) is 16.6 Å². The molecule has 0 aliphatic heterocycles. The first-order chi connectivity index (χ1) is 7.97. The molecule has 1 aromatic rings. The molecule has 6 nitrogen and oxygen atoms in total. The van der Waals surface area contributed by atoms with E-state index < -0.39 is 28.6 Å². The number of nitrogens with one attached hydrogen (secondary N) is 1. The molecule has 0 aliphatic carbocycles. The number of hydrogen-bond acceptors (Lipinski definition) is 5. The number of aliphatic hydroxyl groups excluding tert-OH is 2. The minimum absolute atomic E-state index is 0.0365. The van der Waals surface area contributed by atoms with Gasteiger partial charge in [-0.3, -0.25) is 10.1 Å². The Morgan fingerprint density at radius 3 is 2.71 bits per heavy atom. The van der Waals surface area contributed by atoms with Crippen molar-refractivity contribution in [3.63, 3.8) is 0 Å². The maximum atomic E-state index is 13.0. The van der Waals surface area contributed by atoms with Gasteiger partial charge < -0.3 is 15.5 Å². The fourth-order valence-corrected chi connectivity index (χ4v) is 1.46. The molecule has 7 heteroatoms. The average Bonchev–Trinajstić information content (AvgIpc) is 2.27. The van der Waals surface area contributed by atoms with Gasteiger partial charge in [0, 0.05) is 12.6 Å². The molecular weight excluding hydrogens is 231 g/mol. The molecule has 1 aromatic carbocycles. The molecule has 0 amide bonds. The van der Waals surface area contributed by atoms with E-state index in [0.29, 0.717) is 0 Å². The van der Waals surface area contributed by atoms with Crippen LogP contribution in [0.4, 0.5) is 10.1 Å². The minimum Gasteiger partial charge on any atom is -0.389 e. The lowest BCUT2D eigenvalue weighted by Gasteiger charge is -2.17. The van der Waals surface area contributed by atoms with E-state index in [4.69, 9.17) is 0 Å². The normalized spacial score (nSPS) is 14.4. The molecule has 0 aromatic heterocycles. The number of nitrogens with zero attached hydrogens (tertiary/aromatic N) is 1. The first-order valence-corrected chi connectivity index (χ1v) is 4.92. The Morgan fingerprint density at radius 2 is 2.18 bits per heavy atom. The molecule has 0 saturated heterocycles. The second-order valence-corrected chi connectivity index (χ2v) is 3.53. The Morgan fingerprint density at radius 1 is 1.53 bits per heavy atom. The Kier molecular flexibility index (Phi) is 4.50. The van der Waals surface area contributed by atoms with Crippen molar-refractivity contribution in [2.45, 2.75) is 12.2 Å². The second kappa shape index (κ2) is 5.67. The number of nitro benzene ring substituents is 1. The van der Waals surface area contributed by atoms with E-state index in [1.807, 2.05) is 0 Å². The maximum absolute atomic E-state index is 13.0. The van der Waals surface area contributed by atoms with E-state index in [1.165, 1.54) is 0 Å². The van der Waals surface area contributed by atoms with Crippen LogP contribution in [0.1, 0.15) is 11.7 Å². The predicted molar refractivity (Wildman–Crippen MR) is 57.9 cm³/mol. The largest absolute Gasteiger partial charge is 0.389 e. The van der Waals surface area contributed by atoms with E-state index in [1.54, 1.807) is 7.05 Å². The summed E-state index contributed by atoms with van der Waals surface area (Å²) in [4.78, 5) is 9.96. The lowest BCUT2D eigenvalue weighted by atomic mass is 10.0. The number of benzene rings is 1. The Bertz CT molecular complexity index is 413. The predicted octanol–water partition coefficient (Wildman–Crippen LogP) is 0.348. The first kappa shape index (κ1) is 13.5. The van der Waals surface area contributed by atoms with Crippen LogP contribution in [-0.2, 0) is 0 Å². The third kappa shape index (κ3) is 3.19. The molecule has 0 aliphatic rings. The minimum atomic E-state index is -1.52. The van der Waals surface area contributed by atoms with Crippen LogP contribution in [0.3, 0.4) is 0 Å². The standard InChI is InChI=1S/C10H13FN2O4/c1-12-5-9(14)10(15)7-4-6(11)2-3-8(7)13(16)17/h2-4,9-10,12,14-15H,5H2,1H3. The summed E-state index contributed by atoms with van der Waals surface area (Å²) in [5, 5.41) is 32.5. The van der Waals surface area contributed by atoms with Crippen molar-refractivity contribution < 1.29 is 19.5 Å². The van der Waals surface area contributed by atoms with Crippen LogP contribution in [0.2, 0.25) is 0 Å². The van der Waals surface area contributed by atoms with Crippen LogP contribution in [0.5, 0.6) is 0 Å². The number of rotatable bonds is 5. The highest BCUT2D eigenvalue weighted by atomic mass is 19.1. The zero-order chi connectivity index (χ0) is 13.0. The first-order valence-electron chi connectivity index (χ1n) is 4.92. The summed E-state index contributed by atoms with van der Waals surface area (Å²) in [5.74, 6) is -0.707. The lowest BCUT2D eigenvalue weighted by Crippen LogP contribution is -2.30. The highest BCUT2D eigenvalue weighted by Crippen LogP contribution is 2.27. The van der Waals surface area contributed by atoms with Crippen molar-refractivity contribution >= 4 is 5.69 Å². The number of hydrogen-bond donors (Lipinski definition) is 3.